The maximum absolute atomic E-state index is 13.1. The summed E-state index contributed by atoms with van der Waals surface area (Å²) in [4.78, 5) is 36.6. The third-order valence-corrected chi connectivity index (χ3v) is 4.38. The Morgan fingerprint density at radius 3 is 2.52 bits per heavy atom. The fraction of sp³-hybridized carbons (Fsp3) is 0.0909. The van der Waals surface area contributed by atoms with Crippen LogP contribution in [0.15, 0.2) is 71.5 Å². The second-order valence-electron chi connectivity index (χ2n) is 6.84. The number of hydrogen-bond acceptors (Lipinski definition) is 9. The molecule has 0 radical (unpaired) electrons. The van der Waals surface area contributed by atoms with E-state index in [0.717, 1.165) is 5.56 Å². The summed E-state index contributed by atoms with van der Waals surface area (Å²) in [6, 6.07) is 17.4. The number of esters is 1. The molecule has 10 nitrogen and oxygen atoms in total. The van der Waals surface area contributed by atoms with E-state index < -0.39 is 5.97 Å². The van der Waals surface area contributed by atoms with Crippen molar-refractivity contribution in [3.8, 4) is 0 Å². The van der Waals surface area contributed by atoms with Crippen molar-refractivity contribution in [2.24, 2.45) is 0 Å². The quantitative estimate of drug-likeness (QED) is 0.409. The molecule has 3 N–H and O–H groups in total. The normalized spacial score (nSPS) is 10.6. The van der Waals surface area contributed by atoms with Crippen molar-refractivity contribution in [2.45, 2.75) is 13.2 Å². The van der Waals surface area contributed by atoms with Crippen LogP contribution < -0.4 is 16.6 Å². The van der Waals surface area contributed by atoms with E-state index in [1.165, 1.54) is 41.1 Å². The van der Waals surface area contributed by atoms with E-state index in [-0.39, 0.29) is 47.9 Å². The number of benzene rings is 2. The molecule has 0 amide bonds. The average Bonchev–Trinajstić information content (AvgIpc) is 2.81. The van der Waals surface area contributed by atoms with E-state index in [9.17, 15) is 14.0 Å². The number of aromatic nitrogens is 5. The number of nitrogens with one attached hydrogen (secondary N) is 1. The summed E-state index contributed by atoms with van der Waals surface area (Å²) < 4.78 is 19.5. The van der Waals surface area contributed by atoms with Crippen molar-refractivity contribution < 1.29 is 13.9 Å². The van der Waals surface area contributed by atoms with Crippen molar-refractivity contribution in [1.29, 1.82) is 0 Å². The molecule has 0 fully saturated rings. The van der Waals surface area contributed by atoms with Gasteiger partial charge in [0.1, 0.15) is 5.82 Å². The number of carbonyl (C=O) groups is 1. The number of nitrogen functional groups attached to an aromatic ring is 1. The van der Waals surface area contributed by atoms with Crippen molar-refractivity contribution in [1.82, 2.24) is 24.7 Å². The van der Waals surface area contributed by atoms with E-state index >= 15 is 0 Å². The van der Waals surface area contributed by atoms with Gasteiger partial charge in [-0.05, 0) is 35.9 Å². The van der Waals surface area contributed by atoms with E-state index in [1.54, 1.807) is 0 Å². The van der Waals surface area contributed by atoms with Gasteiger partial charge in [-0.1, -0.05) is 30.3 Å². The molecule has 0 saturated heterocycles. The molecule has 166 valence electrons. The molecule has 2 heterocycles. The second kappa shape index (κ2) is 9.64. The fourth-order valence-corrected chi connectivity index (χ4v) is 2.85. The molecule has 0 spiro atoms. The Balaban J connectivity index is 1.44. The first kappa shape index (κ1) is 21.6. The zero-order valence-corrected chi connectivity index (χ0v) is 17.2. The van der Waals surface area contributed by atoms with Gasteiger partial charge in [0.05, 0.1) is 6.54 Å². The molecule has 0 aliphatic heterocycles. The standard InChI is InChI=1S/C22H18FN7O3/c23-15-6-8-16(9-7-15)25-22-27-18(26-21(24)28-22)13-33-20(32)17-10-11-19(31)30(29-17)12-14-4-2-1-3-5-14/h1-11H,12-13H2,(H3,24,25,26,27,28). The minimum Gasteiger partial charge on any atom is -0.453 e. The Kier molecular flexibility index (Phi) is 6.30. The minimum absolute atomic E-state index is 0.0442. The van der Waals surface area contributed by atoms with Crippen molar-refractivity contribution in [2.75, 3.05) is 11.1 Å². The molecule has 0 atom stereocenters. The summed E-state index contributed by atoms with van der Waals surface area (Å²) in [6.07, 6.45) is 0. The lowest BCUT2D eigenvalue weighted by atomic mass is 10.2. The van der Waals surface area contributed by atoms with Gasteiger partial charge in [-0.2, -0.15) is 20.1 Å². The molecule has 4 rings (SSSR count). The summed E-state index contributed by atoms with van der Waals surface area (Å²) in [7, 11) is 0. The van der Waals surface area contributed by atoms with Gasteiger partial charge in [-0.3, -0.25) is 4.79 Å². The Morgan fingerprint density at radius 1 is 1.00 bits per heavy atom. The maximum Gasteiger partial charge on any atom is 0.359 e. The summed E-state index contributed by atoms with van der Waals surface area (Å²) in [5.41, 5.74) is 6.71. The first-order valence-corrected chi connectivity index (χ1v) is 9.78. The maximum atomic E-state index is 13.1. The van der Waals surface area contributed by atoms with Gasteiger partial charge in [0.2, 0.25) is 11.9 Å². The van der Waals surface area contributed by atoms with Gasteiger partial charge in [0.15, 0.2) is 18.1 Å². The van der Waals surface area contributed by atoms with Gasteiger partial charge in [-0.15, -0.1) is 0 Å². The molecule has 0 saturated carbocycles. The van der Waals surface area contributed by atoms with Crippen LogP contribution in [0.1, 0.15) is 21.9 Å². The van der Waals surface area contributed by atoms with Crippen molar-refractivity contribution >= 4 is 23.6 Å². The third-order valence-electron chi connectivity index (χ3n) is 4.38. The zero-order valence-electron chi connectivity index (χ0n) is 17.2. The van der Waals surface area contributed by atoms with E-state index in [0.29, 0.717) is 5.69 Å². The van der Waals surface area contributed by atoms with Gasteiger partial charge in [0, 0.05) is 11.8 Å². The highest BCUT2D eigenvalue weighted by atomic mass is 19.1. The van der Waals surface area contributed by atoms with E-state index in [2.05, 4.69) is 25.4 Å². The molecule has 0 bridgehead atoms. The van der Waals surface area contributed by atoms with Gasteiger partial charge in [-0.25, -0.2) is 13.9 Å². The van der Waals surface area contributed by atoms with Crippen LogP contribution in [0, 0.1) is 5.82 Å². The van der Waals surface area contributed by atoms with Crippen LogP contribution >= 0.6 is 0 Å². The SMILES string of the molecule is Nc1nc(COC(=O)c2ccc(=O)n(Cc3ccccc3)n2)nc(Nc2ccc(F)cc2)n1. The molecule has 33 heavy (non-hydrogen) atoms. The molecular weight excluding hydrogens is 429 g/mol. The predicted molar refractivity (Wildman–Crippen MR) is 117 cm³/mol. The summed E-state index contributed by atoms with van der Waals surface area (Å²) in [5.74, 6) is -1.03. The molecule has 4 aromatic rings. The van der Waals surface area contributed by atoms with Gasteiger partial charge >= 0.3 is 5.97 Å². The Labute approximate surface area is 186 Å². The highest BCUT2D eigenvalue weighted by Gasteiger charge is 2.14. The minimum atomic E-state index is -0.760. The Morgan fingerprint density at radius 2 is 1.76 bits per heavy atom. The lowest BCUT2D eigenvalue weighted by Gasteiger charge is -2.09. The molecule has 2 aromatic heterocycles. The molecular formula is C22H18FN7O3. The highest BCUT2D eigenvalue weighted by Crippen LogP contribution is 2.14. The molecule has 11 heteroatoms. The number of hydrogen-bond donors (Lipinski definition) is 2. The van der Waals surface area contributed by atoms with Crippen LogP contribution in [0.25, 0.3) is 0 Å². The van der Waals surface area contributed by atoms with Crippen LogP contribution in [0.4, 0.5) is 22.0 Å². The smallest absolute Gasteiger partial charge is 0.359 e. The Bertz CT molecular complexity index is 1330. The van der Waals surface area contributed by atoms with Crippen LogP contribution in [0.5, 0.6) is 0 Å². The van der Waals surface area contributed by atoms with Crippen molar-refractivity contribution in [3.63, 3.8) is 0 Å². The lowest BCUT2D eigenvalue weighted by Crippen LogP contribution is -2.25. The Hall–Kier alpha value is -4.67. The number of anilines is 3. The summed E-state index contributed by atoms with van der Waals surface area (Å²) in [5, 5.41) is 6.96. The number of rotatable bonds is 7. The molecule has 2 aromatic carbocycles. The topological polar surface area (TPSA) is 138 Å². The summed E-state index contributed by atoms with van der Waals surface area (Å²) >= 11 is 0. The largest absolute Gasteiger partial charge is 0.453 e. The van der Waals surface area contributed by atoms with Crippen LogP contribution in [-0.2, 0) is 17.9 Å². The summed E-state index contributed by atoms with van der Waals surface area (Å²) in [6.45, 7) is -0.0909. The monoisotopic (exact) mass is 447 g/mol. The number of ether oxygens (including phenoxy) is 1. The first-order valence-electron chi connectivity index (χ1n) is 9.78. The fourth-order valence-electron chi connectivity index (χ4n) is 2.85. The molecule has 0 aliphatic rings. The number of halogens is 1. The number of nitrogens with two attached hydrogens (primary N) is 1. The van der Waals surface area contributed by atoms with Gasteiger partial charge < -0.3 is 15.8 Å². The first-order chi connectivity index (χ1) is 16.0. The van der Waals surface area contributed by atoms with Crippen LogP contribution in [-0.4, -0.2) is 30.7 Å². The number of carbonyl (C=O) groups excluding carboxylic acids is 1. The third kappa shape index (κ3) is 5.73. The zero-order chi connectivity index (χ0) is 23.2. The number of nitrogens with zero attached hydrogens (tertiary/aromatic N) is 5. The second-order valence-corrected chi connectivity index (χ2v) is 6.84. The van der Waals surface area contributed by atoms with E-state index in [4.69, 9.17) is 10.5 Å². The molecule has 0 aliphatic carbocycles. The predicted octanol–water partition coefficient (Wildman–Crippen LogP) is 2.30. The van der Waals surface area contributed by atoms with E-state index in [1.807, 2.05) is 30.3 Å². The highest BCUT2D eigenvalue weighted by molar-refractivity contribution is 5.86. The van der Waals surface area contributed by atoms with Crippen molar-refractivity contribution in [3.05, 3.63) is 100.0 Å². The van der Waals surface area contributed by atoms with Crippen LogP contribution in [0.2, 0.25) is 0 Å². The lowest BCUT2D eigenvalue weighted by molar-refractivity contribution is 0.0452. The molecule has 0 unspecified atom stereocenters. The average molecular weight is 447 g/mol. The van der Waals surface area contributed by atoms with Gasteiger partial charge in [0.25, 0.3) is 5.56 Å². The van der Waals surface area contributed by atoms with Crippen LogP contribution in [0.3, 0.4) is 0 Å².